The molecule has 2 aromatic rings. The Morgan fingerprint density at radius 2 is 1.80 bits per heavy atom. The van der Waals surface area contributed by atoms with Gasteiger partial charge < -0.3 is 4.74 Å². The van der Waals surface area contributed by atoms with Gasteiger partial charge in [0.25, 0.3) is 0 Å². The molecule has 0 aliphatic carbocycles. The zero-order valence-electron chi connectivity index (χ0n) is 11.6. The van der Waals surface area contributed by atoms with E-state index >= 15 is 0 Å². The average Bonchev–Trinajstić information content (AvgIpc) is 2.52. The van der Waals surface area contributed by atoms with Gasteiger partial charge in [-0.3, -0.25) is 4.79 Å². The van der Waals surface area contributed by atoms with Crippen LogP contribution in [0.1, 0.15) is 27.0 Å². The van der Waals surface area contributed by atoms with Crippen LogP contribution in [0.5, 0.6) is 5.75 Å². The first-order chi connectivity index (χ1) is 9.76. The number of carbonyl (C=O) groups excluding carboxylic acids is 1. The number of carbonyl (C=O) groups is 1. The first-order valence-electron chi connectivity index (χ1n) is 6.60. The lowest BCUT2D eigenvalue weighted by Gasteiger charge is -2.07. The SMILES string of the molecule is C=Cc1cc(CCc2cccc(OC)c2)ccc1C=O. The van der Waals surface area contributed by atoms with Crippen LogP contribution in [-0.4, -0.2) is 13.4 Å². The number of aryl methyl sites for hydroxylation is 2. The molecule has 2 aromatic carbocycles. The Hall–Kier alpha value is -2.35. The lowest BCUT2D eigenvalue weighted by molar-refractivity contribution is 0.112. The van der Waals surface area contributed by atoms with Crippen molar-refractivity contribution >= 4 is 12.4 Å². The van der Waals surface area contributed by atoms with Gasteiger partial charge in [0, 0.05) is 5.56 Å². The second-order valence-electron chi connectivity index (χ2n) is 4.64. The summed E-state index contributed by atoms with van der Waals surface area (Å²) in [4.78, 5) is 10.9. The van der Waals surface area contributed by atoms with Crippen LogP contribution in [0.25, 0.3) is 6.08 Å². The molecule has 0 spiro atoms. The Bertz CT molecular complexity index is 615. The topological polar surface area (TPSA) is 26.3 Å². The Morgan fingerprint density at radius 1 is 1.05 bits per heavy atom. The molecule has 2 rings (SSSR count). The fourth-order valence-electron chi connectivity index (χ4n) is 2.18. The summed E-state index contributed by atoms with van der Waals surface area (Å²) in [6.45, 7) is 3.75. The maximum Gasteiger partial charge on any atom is 0.150 e. The lowest BCUT2D eigenvalue weighted by Crippen LogP contribution is -1.95. The van der Waals surface area contributed by atoms with Crippen LogP contribution < -0.4 is 4.74 Å². The molecule has 0 unspecified atom stereocenters. The minimum absolute atomic E-state index is 0.685. The largest absolute Gasteiger partial charge is 0.497 e. The molecule has 2 nitrogen and oxygen atoms in total. The number of aldehydes is 1. The van der Waals surface area contributed by atoms with Crippen molar-refractivity contribution in [2.75, 3.05) is 7.11 Å². The summed E-state index contributed by atoms with van der Waals surface area (Å²) in [5.41, 5.74) is 4.02. The molecule has 102 valence electrons. The number of rotatable bonds is 6. The fraction of sp³-hybridized carbons (Fsp3) is 0.167. The molecule has 0 radical (unpaired) electrons. The van der Waals surface area contributed by atoms with Crippen LogP contribution in [0.2, 0.25) is 0 Å². The number of benzene rings is 2. The predicted molar refractivity (Wildman–Crippen MR) is 82.3 cm³/mol. The van der Waals surface area contributed by atoms with Gasteiger partial charge in [0.1, 0.15) is 5.75 Å². The first kappa shape index (κ1) is 14.1. The highest BCUT2D eigenvalue weighted by Gasteiger charge is 2.02. The Morgan fingerprint density at radius 3 is 2.45 bits per heavy atom. The summed E-state index contributed by atoms with van der Waals surface area (Å²) in [6.07, 6.45) is 4.45. The van der Waals surface area contributed by atoms with E-state index in [0.717, 1.165) is 30.4 Å². The highest BCUT2D eigenvalue weighted by molar-refractivity contribution is 5.81. The summed E-state index contributed by atoms with van der Waals surface area (Å²) in [5.74, 6) is 0.880. The van der Waals surface area contributed by atoms with Crippen molar-refractivity contribution in [3.05, 3.63) is 71.3 Å². The van der Waals surface area contributed by atoms with E-state index in [0.29, 0.717) is 5.56 Å². The van der Waals surface area contributed by atoms with Crippen molar-refractivity contribution in [2.45, 2.75) is 12.8 Å². The standard InChI is InChI=1S/C18H18O2/c1-3-16-11-15(9-10-17(16)13-19)8-7-14-5-4-6-18(12-14)20-2/h3-6,9-13H,1,7-8H2,2H3. The van der Waals surface area contributed by atoms with Gasteiger partial charge in [-0.1, -0.05) is 43.0 Å². The van der Waals surface area contributed by atoms with E-state index in [-0.39, 0.29) is 0 Å². The maximum absolute atomic E-state index is 10.9. The smallest absolute Gasteiger partial charge is 0.150 e. The number of ether oxygens (including phenoxy) is 1. The number of methoxy groups -OCH3 is 1. The predicted octanol–water partition coefficient (Wildman–Crippen LogP) is 3.94. The van der Waals surface area contributed by atoms with Crippen molar-refractivity contribution in [2.24, 2.45) is 0 Å². The highest BCUT2D eigenvalue weighted by Crippen LogP contribution is 2.17. The summed E-state index contributed by atoms with van der Waals surface area (Å²) >= 11 is 0. The van der Waals surface area contributed by atoms with E-state index in [1.807, 2.05) is 36.4 Å². The maximum atomic E-state index is 10.9. The van der Waals surface area contributed by atoms with Gasteiger partial charge in [0.15, 0.2) is 6.29 Å². The molecule has 0 heterocycles. The van der Waals surface area contributed by atoms with Crippen LogP contribution >= 0.6 is 0 Å². The zero-order chi connectivity index (χ0) is 14.4. The molecule has 0 atom stereocenters. The highest BCUT2D eigenvalue weighted by atomic mass is 16.5. The van der Waals surface area contributed by atoms with E-state index in [2.05, 4.69) is 12.6 Å². The third-order valence-electron chi connectivity index (χ3n) is 3.33. The second kappa shape index (κ2) is 6.71. The van der Waals surface area contributed by atoms with Gasteiger partial charge >= 0.3 is 0 Å². The molecule has 0 N–H and O–H groups in total. The summed E-state index contributed by atoms with van der Waals surface area (Å²) in [5, 5.41) is 0. The van der Waals surface area contributed by atoms with E-state index in [9.17, 15) is 4.79 Å². The van der Waals surface area contributed by atoms with Gasteiger partial charge in [-0.05, 0) is 41.7 Å². The summed E-state index contributed by atoms with van der Waals surface area (Å²) in [6, 6.07) is 14.0. The van der Waals surface area contributed by atoms with Gasteiger partial charge in [-0.2, -0.15) is 0 Å². The normalized spacial score (nSPS) is 10.1. The van der Waals surface area contributed by atoms with E-state index in [1.165, 1.54) is 11.1 Å². The van der Waals surface area contributed by atoms with E-state index in [1.54, 1.807) is 13.2 Å². The molecule has 0 fully saturated rings. The van der Waals surface area contributed by atoms with Gasteiger partial charge in [-0.25, -0.2) is 0 Å². The summed E-state index contributed by atoms with van der Waals surface area (Å²) < 4.78 is 5.22. The van der Waals surface area contributed by atoms with Gasteiger partial charge in [0.05, 0.1) is 7.11 Å². The quantitative estimate of drug-likeness (QED) is 0.740. The Balaban J connectivity index is 2.10. The van der Waals surface area contributed by atoms with Crippen molar-refractivity contribution in [1.82, 2.24) is 0 Å². The molecule has 0 aliphatic rings. The average molecular weight is 266 g/mol. The molecule has 0 aliphatic heterocycles. The molecule has 20 heavy (non-hydrogen) atoms. The van der Waals surface area contributed by atoms with Crippen LogP contribution in [0.3, 0.4) is 0 Å². The van der Waals surface area contributed by atoms with Crippen molar-refractivity contribution in [3.63, 3.8) is 0 Å². The summed E-state index contributed by atoms with van der Waals surface area (Å²) in [7, 11) is 1.67. The molecule has 0 aromatic heterocycles. The molecule has 0 saturated carbocycles. The van der Waals surface area contributed by atoms with Crippen LogP contribution in [0.4, 0.5) is 0 Å². The Labute approximate surface area is 119 Å². The van der Waals surface area contributed by atoms with Crippen molar-refractivity contribution < 1.29 is 9.53 Å². The molecular weight excluding hydrogens is 248 g/mol. The molecule has 0 saturated heterocycles. The van der Waals surface area contributed by atoms with E-state index < -0.39 is 0 Å². The third kappa shape index (κ3) is 3.35. The minimum atomic E-state index is 0.685. The minimum Gasteiger partial charge on any atom is -0.497 e. The number of hydrogen-bond acceptors (Lipinski definition) is 2. The van der Waals surface area contributed by atoms with Crippen LogP contribution in [-0.2, 0) is 12.8 Å². The zero-order valence-corrected chi connectivity index (χ0v) is 11.6. The molecule has 0 bridgehead atoms. The molecule has 2 heteroatoms. The van der Waals surface area contributed by atoms with E-state index in [4.69, 9.17) is 4.74 Å². The second-order valence-corrected chi connectivity index (χ2v) is 4.64. The lowest BCUT2D eigenvalue weighted by atomic mass is 9.99. The van der Waals surface area contributed by atoms with Crippen LogP contribution in [0.15, 0.2) is 49.0 Å². The molecule has 0 amide bonds. The molecular formula is C18H18O2. The first-order valence-corrected chi connectivity index (χ1v) is 6.60. The third-order valence-corrected chi connectivity index (χ3v) is 3.33. The van der Waals surface area contributed by atoms with Gasteiger partial charge in [0.2, 0.25) is 0 Å². The van der Waals surface area contributed by atoms with Crippen LogP contribution in [0, 0.1) is 0 Å². The van der Waals surface area contributed by atoms with Crippen molar-refractivity contribution in [3.8, 4) is 5.75 Å². The van der Waals surface area contributed by atoms with Crippen molar-refractivity contribution in [1.29, 1.82) is 0 Å². The number of hydrogen-bond donors (Lipinski definition) is 0. The fourth-order valence-corrected chi connectivity index (χ4v) is 2.18. The van der Waals surface area contributed by atoms with Gasteiger partial charge in [-0.15, -0.1) is 0 Å². The Kier molecular flexibility index (Phi) is 4.72. The monoisotopic (exact) mass is 266 g/mol.